The van der Waals surface area contributed by atoms with Gasteiger partial charge in [-0.25, -0.2) is 8.78 Å². The first kappa shape index (κ1) is 9.24. The van der Waals surface area contributed by atoms with E-state index in [0.717, 1.165) is 5.75 Å². The number of halogens is 2. The molecule has 1 heterocycles. The van der Waals surface area contributed by atoms with Crippen LogP contribution in [-0.2, 0) is 4.79 Å². The first-order valence-corrected chi connectivity index (χ1v) is 5.45. The lowest BCUT2D eigenvalue weighted by Gasteiger charge is -2.13. The molecule has 0 aromatic carbocycles. The minimum atomic E-state index is -2.75. The fourth-order valence-corrected chi connectivity index (χ4v) is 2.60. The van der Waals surface area contributed by atoms with Crippen LogP contribution in [0.1, 0.15) is 6.92 Å². The summed E-state index contributed by atoms with van der Waals surface area (Å²) in [5.74, 6) is -3.44. The van der Waals surface area contributed by atoms with Crippen molar-refractivity contribution in [2.24, 2.45) is 11.8 Å². The van der Waals surface area contributed by atoms with Crippen LogP contribution in [0.25, 0.3) is 0 Å². The number of hydrogen-bond acceptors (Lipinski definition) is 2. The second kappa shape index (κ2) is 2.83. The largest absolute Gasteiger partial charge is 0.332 e. The average Bonchev–Trinajstić information content (AvgIpc) is 2.57. The van der Waals surface area contributed by atoms with Crippen molar-refractivity contribution in [3.05, 3.63) is 0 Å². The molecule has 0 aromatic rings. The van der Waals surface area contributed by atoms with Crippen LogP contribution in [0.2, 0.25) is 0 Å². The Morgan fingerprint density at radius 2 is 2.23 bits per heavy atom. The molecule has 0 bridgehead atoms. The Morgan fingerprint density at radius 1 is 1.62 bits per heavy atom. The third-order valence-corrected chi connectivity index (χ3v) is 3.71. The zero-order valence-electron chi connectivity index (χ0n) is 7.30. The highest BCUT2D eigenvalue weighted by Crippen LogP contribution is 2.55. The van der Waals surface area contributed by atoms with Crippen LogP contribution >= 0.6 is 11.8 Å². The van der Waals surface area contributed by atoms with Gasteiger partial charge < -0.3 is 4.90 Å². The molecular weight excluding hydrogens is 196 g/mol. The van der Waals surface area contributed by atoms with Crippen molar-refractivity contribution in [1.29, 1.82) is 0 Å². The van der Waals surface area contributed by atoms with E-state index >= 15 is 0 Å². The van der Waals surface area contributed by atoms with E-state index in [0.29, 0.717) is 12.4 Å². The predicted molar refractivity (Wildman–Crippen MR) is 46.6 cm³/mol. The molecule has 74 valence electrons. The molecule has 0 N–H and O–H groups in total. The van der Waals surface area contributed by atoms with Crippen LogP contribution in [-0.4, -0.2) is 34.9 Å². The second-order valence-corrected chi connectivity index (χ2v) is 4.65. The predicted octanol–water partition coefficient (Wildman–Crippen LogP) is 1.42. The first-order chi connectivity index (χ1) is 6.05. The van der Waals surface area contributed by atoms with Crippen molar-refractivity contribution in [3.63, 3.8) is 0 Å². The molecular formula is C8H11F2NOS. The Kier molecular flexibility index (Phi) is 2.02. The first-order valence-electron chi connectivity index (χ1n) is 4.29. The van der Waals surface area contributed by atoms with Gasteiger partial charge in [-0.2, -0.15) is 0 Å². The second-order valence-electron chi connectivity index (χ2n) is 3.58. The zero-order chi connectivity index (χ0) is 9.64. The summed E-state index contributed by atoms with van der Waals surface area (Å²) >= 11 is 1.62. The molecule has 13 heavy (non-hydrogen) atoms. The number of carbonyl (C=O) groups excluding carboxylic acids is 1. The van der Waals surface area contributed by atoms with Crippen molar-refractivity contribution in [1.82, 2.24) is 4.90 Å². The van der Waals surface area contributed by atoms with Gasteiger partial charge in [0.05, 0.1) is 5.88 Å². The molecule has 5 heteroatoms. The number of alkyl halides is 2. The van der Waals surface area contributed by atoms with Gasteiger partial charge in [0.25, 0.3) is 5.92 Å². The lowest BCUT2D eigenvalue weighted by molar-refractivity contribution is -0.133. The van der Waals surface area contributed by atoms with Crippen LogP contribution < -0.4 is 0 Å². The van der Waals surface area contributed by atoms with E-state index in [2.05, 4.69) is 0 Å². The molecule has 0 aromatic heterocycles. The maximum atomic E-state index is 12.8. The summed E-state index contributed by atoms with van der Waals surface area (Å²) in [5.41, 5.74) is 0. The maximum absolute atomic E-state index is 12.8. The molecule has 2 unspecified atom stereocenters. The SMILES string of the molecule is CC1C(C(=O)N2CCSC2)C1(F)F. The summed E-state index contributed by atoms with van der Waals surface area (Å²) < 4.78 is 25.7. The minimum Gasteiger partial charge on any atom is -0.332 e. The standard InChI is InChI=1S/C8H11F2NOS/c1-5-6(8(5,9)10)7(12)11-2-3-13-4-11/h5-6H,2-4H2,1H3. The quantitative estimate of drug-likeness (QED) is 0.648. The maximum Gasteiger partial charge on any atom is 0.263 e. The average molecular weight is 207 g/mol. The van der Waals surface area contributed by atoms with E-state index < -0.39 is 17.8 Å². The van der Waals surface area contributed by atoms with Crippen LogP contribution in [0.15, 0.2) is 0 Å². The molecule has 1 aliphatic carbocycles. The van der Waals surface area contributed by atoms with Gasteiger partial charge in [-0.3, -0.25) is 4.79 Å². The number of amides is 1. The Hall–Kier alpha value is -0.320. The topological polar surface area (TPSA) is 20.3 Å². The molecule has 2 nitrogen and oxygen atoms in total. The van der Waals surface area contributed by atoms with E-state index in [9.17, 15) is 13.6 Å². The number of thioether (sulfide) groups is 1. The van der Waals surface area contributed by atoms with Crippen molar-refractivity contribution >= 4 is 17.7 Å². The minimum absolute atomic E-state index is 0.359. The fourth-order valence-electron chi connectivity index (χ4n) is 1.64. The molecule has 2 aliphatic rings. The lowest BCUT2D eigenvalue weighted by Crippen LogP contribution is -2.31. The molecule has 1 aliphatic heterocycles. The van der Waals surface area contributed by atoms with Crippen molar-refractivity contribution in [2.75, 3.05) is 18.2 Å². The summed E-state index contributed by atoms with van der Waals surface area (Å²) in [6.45, 7) is 2.06. The fraction of sp³-hybridized carbons (Fsp3) is 0.875. The van der Waals surface area contributed by atoms with Crippen LogP contribution in [0.5, 0.6) is 0 Å². The van der Waals surface area contributed by atoms with Gasteiger partial charge in [-0.1, -0.05) is 6.92 Å². The molecule has 1 amide bonds. The van der Waals surface area contributed by atoms with E-state index in [1.165, 1.54) is 11.8 Å². The smallest absolute Gasteiger partial charge is 0.263 e. The molecule has 2 atom stereocenters. The van der Waals surface area contributed by atoms with Gasteiger partial charge in [0.1, 0.15) is 5.92 Å². The van der Waals surface area contributed by atoms with Gasteiger partial charge in [-0.15, -0.1) is 11.8 Å². The highest BCUT2D eigenvalue weighted by atomic mass is 32.2. The van der Waals surface area contributed by atoms with Gasteiger partial charge in [0.2, 0.25) is 5.91 Å². The summed E-state index contributed by atoms with van der Waals surface area (Å²) in [7, 11) is 0. The van der Waals surface area contributed by atoms with Crippen molar-refractivity contribution in [2.45, 2.75) is 12.8 Å². The summed E-state index contributed by atoms with van der Waals surface area (Å²) in [5, 5.41) is 0. The molecule has 2 rings (SSSR count). The van der Waals surface area contributed by atoms with Gasteiger partial charge in [0, 0.05) is 18.2 Å². The Morgan fingerprint density at radius 3 is 2.62 bits per heavy atom. The van der Waals surface area contributed by atoms with Crippen LogP contribution in [0, 0.1) is 11.8 Å². The van der Waals surface area contributed by atoms with E-state index in [1.54, 1.807) is 11.8 Å². The summed E-state index contributed by atoms with van der Waals surface area (Å²) in [6, 6.07) is 0. The molecule has 0 spiro atoms. The van der Waals surface area contributed by atoms with Crippen LogP contribution in [0.3, 0.4) is 0 Å². The van der Waals surface area contributed by atoms with E-state index in [1.807, 2.05) is 0 Å². The van der Waals surface area contributed by atoms with Gasteiger partial charge >= 0.3 is 0 Å². The van der Waals surface area contributed by atoms with Gasteiger partial charge in [-0.05, 0) is 0 Å². The highest BCUT2D eigenvalue weighted by molar-refractivity contribution is 7.99. The Balaban J connectivity index is 1.99. The van der Waals surface area contributed by atoms with E-state index in [4.69, 9.17) is 0 Å². The number of rotatable bonds is 1. The number of nitrogens with zero attached hydrogens (tertiary/aromatic N) is 1. The van der Waals surface area contributed by atoms with Crippen molar-refractivity contribution < 1.29 is 13.6 Å². The number of carbonyl (C=O) groups is 1. The van der Waals surface area contributed by atoms with Gasteiger partial charge in [0.15, 0.2) is 0 Å². The normalized spacial score (nSPS) is 36.4. The molecule has 1 saturated carbocycles. The Bertz CT molecular complexity index is 240. The third kappa shape index (κ3) is 1.33. The van der Waals surface area contributed by atoms with Crippen LogP contribution in [0.4, 0.5) is 8.78 Å². The lowest BCUT2D eigenvalue weighted by atomic mass is 10.3. The molecule has 0 radical (unpaired) electrons. The van der Waals surface area contributed by atoms with Crippen molar-refractivity contribution in [3.8, 4) is 0 Å². The van der Waals surface area contributed by atoms with E-state index in [-0.39, 0.29) is 5.91 Å². The number of hydrogen-bond donors (Lipinski definition) is 0. The molecule has 1 saturated heterocycles. The zero-order valence-corrected chi connectivity index (χ0v) is 8.11. The summed E-state index contributed by atoms with van der Waals surface area (Å²) in [6.07, 6.45) is 0. The highest BCUT2D eigenvalue weighted by Gasteiger charge is 2.69. The third-order valence-electron chi connectivity index (χ3n) is 2.74. The Labute approximate surface area is 79.7 Å². The monoisotopic (exact) mass is 207 g/mol. The molecule has 2 fully saturated rings. The summed E-state index contributed by atoms with van der Waals surface area (Å²) in [4.78, 5) is 13.0.